The first kappa shape index (κ1) is 17.1. The minimum atomic E-state index is -0.941. The third kappa shape index (κ3) is 2.73. The number of carbonyl (C=O) groups excluding carboxylic acids is 1. The Hall–Kier alpha value is -3.29. The number of rotatable bonds is 4. The minimum Gasteiger partial charge on any atom is -0.492 e. The van der Waals surface area contributed by atoms with Gasteiger partial charge in [-0.3, -0.25) is 15.0 Å². The van der Waals surface area contributed by atoms with Crippen molar-refractivity contribution in [2.45, 2.75) is 32.0 Å². The van der Waals surface area contributed by atoms with Crippen LogP contribution in [0.1, 0.15) is 31.9 Å². The lowest BCUT2D eigenvalue weighted by atomic mass is 9.90. The van der Waals surface area contributed by atoms with Gasteiger partial charge in [-0.05, 0) is 32.0 Å². The van der Waals surface area contributed by atoms with Gasteiger partial charge in [0.15, 0.2) is 5.72 Å². The third-order valence-corrected chi connectivity index (χ3v) is 4.87. The van der Waals surface area contributed by atoms with Crippen molar-refractivity contribution in [1.82, 2.24) is 5.32 Å². The summed E-state index contributed by atoms with van der Waals surface area (Å²) in [7, 11) is 0. The molecule has 1 fully saturated rings. The quantitative estimate of drug-likeness (QED) is 0.654. The first-order valence-electron chi connectivity index (χ1n) is 8.73. The van der Waals surface area contributed by atoms with Gasteiger partial charge in [-0.15, -0.1) is 0 Å². The summed E-state index contributed by atoms with van der Waals surface area (Å²) in [6, 6.07) is 11.1. The lowest BCUT2D eigenvalue weighted by Gasteiger charge is -2.50. The maximum Gasteiger partial charge on any atom is 0.325 e. The van der Waals surface area contributed by atoms with Crippen molar-refractivity contribution in [2.24, 2.45) is 0 Å². The summed E-state index contributed by atoms with van der Waals surface area (Å²) < 4.78 is 11.9. The van der Waals surface area contributed by atoms with Crippen molar-refractivity contribution < 1.29 is 19.2 Å². The molecule has 140 valence electrons. The van der Waals surface area contributed by atoms with Crippen molar-refractivity contribution in [3.05, 3.63) is 58.1 Å². The number of urea groups is 1. The average molecular weight is 369 g/mol. The van der Waals surface area contributed by atoms with Gasteiger partial charge >= 0.3 is 6.03 Å². The smallest absolute Gasteiger partial charge is 0.325 e. The van der Waals surface area contributed by atoms with Crippen molar-refractivity contribution >= 4 is 17.4 Å². The molecule has 0 aliphatic carbocycles. The van der Waals surface area contributed by atoms with Crippen LogP contribution in [0.3, 0.4) is 0 Å². The van der Waals surface area contributed by atoms with E-state index >= 15 is 0 Å². The Morgan fingerprint density at radius 2 is 2.15 bits per heavy atom. The van der Waals surface area contributed by atoms with Gasteiger partial charge in [0.2, 0.25) is 0 Å². The maximum atomic E-state index is 12.9. The maximum absolute atomic E-state index is 12.9. The van der Waals surface area contributed by atoms with Gasteiger partial charge in [-0.2, -0.15) is 0 Å². The van der Waals surface area contributed by atoms with Crippen molar-refractivity contribution in [1.29, 1.82) is 0 Å². The number of anilines is 1. The number of para-hydroxylation sites is 2. The second-order valence-electron chi connectivity index (χ2n) is 6.70. The molecule has 8 heteroatoms. The number of hydrogen-bond donors (Lipinski definition) is 1. The summed E-state index contributed by atoms with van der Waals surface area (Å²) >= 11 is 0. The number of nitrogens with zero attached hydrogens (tertiary/aromatic N) is 2. The lowest BCUT2D eigenvalue weighted by Crippen LogP contribution is -2.65. The molecule has 2 atom stereocenters. The Kier molecular flexibility index (Phi) is 3.91. The highest BCUT2D eigenvalue weighted by Gasteiger charge is 2.50. The highest BCUT2D eigenvalue weighted by atomic mass is 16.6. The van der Waals surface area contributed by atoms with Crippen LogP contribution < -0.4 is 19.7 Å². The summed E-state index contributed by atoms with van der Waals surface area (Å²) in [5, 5.41) is 14.0. The molecule has 1 N–H and O–H groups in total. The number of fused-ring (bicyclic) bond motifs is 4. The summed E-state index contributed by atoms with van der Waals surface area (Å²) in [6.45, 7) is 4.19. The van der Waals surface area contributed by atoms with Gasteiger partial charge in [-0.25, -0.2) is 4.79 Å². The Balaban J connectivity index is 1.78. The van der Waals surface area contributed by atoms with Gasteiger partial charge in [0.05, 0.1) is 23.3 Å². The van der Waals surface area contributed by atoms with E-state index in [-0.39, 0.29) is 17.8 Å². The number of benzene rings is 2. The molecule has 2 heterocycles. The van der Waals surface area contributed by atoms with Crippen LogP contribution in [-0.4, -0.2) is 23.3 Å². The Labute approximate surface area is 155 Å². The molecule has 2 amide bonds. The van der Waals surface area contributed by atoms with E-state index in [4.69, 9.17) is 9.47 Å². The van der Waals surface area contributed by atoms with E-state index in [9.17, 15) is 14.9 Å². The van der Waals surface area contributed by atoms with E-state index in [2.05, 4.69) is 5.32 Å². The number of amides is 2. The number of nitrogens with one attached hydrogen (secondary N) is 1. The normalized spacial score (nSPS) is 23.1. The number of hydrogen-bond acceptors (Lipinski definition) is 5. The van der Waals surface area contributed by atoms with Gasteiger partial charge in [-0.1, -0.05) is 12.1 Å². The molecular weight excluding hydrogens is 350 g/mol. The molecule has 0 radical (unpaired) electrons. The molecule has 2 aromatic carbocycles. The molecule has 2 aliphatic rings. The van der Waals surface area contributed by atoms with E-state index < -0.39 is 10.6 Å². The van der Waals surface area contributed by atoms with Crippen LogP contribution in [0.5, 0.6) is 11.5 Å². The molecule has 2 aliphatic heterocycles. The van der Waals surface area contributed by atoms with Crippen molar-refractivity contribution in [3.63, 3.8) is 0 Å². The highest BCUT2D eigenvalue weighted by Crippen LogP contribution is 2.47. The number of nitro groups is 1. The van der Waals surface area contributed by atoms with E-state index in [1.54, 1.807) is 11.0 Å². The molecule has 27 heavy (non-hydrogen) atoms. The third-order valence-electron chi connectivity index (χ3n) is 4.87. The molecule has 1 saturated heterocycles. The van der Waals surface area contributed by atoms with Crippen LogP contribution in [0.2, 0.25) is 0 Å². The molecule has 0 saturated carbocycles. The van der Waals surface area contributed by atoms with Gasteiger partial charge in [0, 0.05) is 24.1 Å². The zero-order valence-corrected chi connectivity index (χ0v) is 15.0. The fraction of sp³-hybridized carbons (Fsp3) is 0.316. The van der Waals surface area contributed by atoms with E-state index in [1.165, 1.54) is 12.1 Å². The predicted octanol–water partition coefficient (Wildman–Crippen LogP) is 3.76. The first-order chi connectivity index (χ1) is 12.9. The van der Waals surface area contributed by atoms with Crippen LogP contribution >= 0.6 is 0 Å². The second kappa shape index (κ2) is 6.15. The Morgan fingerprint density at radius 3 is 2.89 bits per heavy atom. The fourth-order valence-corrected chi connectivity index (χ4v) is 3.76. The van der Waals surface area contributed by atoms with Gasteiger partial charge in [0.1, 0.15) is 11.5 Å². The minimum absolute atomic E-state index is 0.0284. The molecule has 0 aromatic heterocycles. The van der Waals surface area contributed by atoms with Crippen LogP contribution in [0.25, 0.3) is 0 Å². The molecule has 8 nitrogen and oxygen atoms in total. The molecular formula is C19H19N3O5. The Morgan fingerprint density at radius 1 is 1.37 bits per heavy atom. The van der Waals surface area contributed by atoms with Crippen LogP contribution in [0, 0.1) is 10.1 Å². The summed E-state index contributed by atoms with van der Waals surface area (Å²) in [5.41, 5.74) is 0.263. The molecule has 0 unspecified atom stereocenters. The lowest BCUT2D eigenvalue weighted by molar-refractivity contribution is -0.385. The standard InChI is InChI=1S/C19H19N3O5/c1-3-26-17-7-5-4-6-15(17)21-18(23)20-14-11-19(21,2)27-16-9-8-12(22(24)25)10-13(14)16/h4-10,14H,3,11H2,1-2H3,(H,20,23)/t14-,19+/m0/s1. The Bertz CT molecular complexity index is 931. The number of ether oxygens (including phenoxy) is 2. The van der Waals surface area contributed by atoms with Gasteiger partial charge in [0.25, 0.3) is 5.69 Å². The zero-order chi connectivity index (χ0) is 19.2. The predicted molar refractivity (Wildman–Crippen MR) is 98.1 cm³/mol. The SMILES string of the molecule is CCOc1ccccc1N1C(=O)N[C@H]2C[C@@]1(C)Oc1ccc([N+](=O)[O-])cc12. The van der Waals surface area contributed by atoms with Gasteiger partial charge < -0.3 is 14.8 Å². The van der Waals surface area contributed by atoms with Crippen LogP contribution in [-0.2, 0) is 0 Å². The average Bonchev–Trinajstić information content (AvgIpc) is 2.62. The molecule has 4 rings (SSSR count). The zero-order valence-electron chi connectivity index (χ0n) is 15.0. The summed E-state index contributed by atoms with van der Waals surface area (Å²) in [5.74, 6) is 1.12. The second-order valence-corrected chi connectivity index (χ2v) is 6.70. The van der Waals surface area contributed by atoms with Crippen LogP contribution in [0.15, 0.2) is 42.5 Å². The van der Waals surface area contributed by atoms with Crippen molar-refractivity contribution in [2.75, 3.05) is 11.5 Å². The molecule has 2 bridgehead atoms. The number of nitro benzene ring substituents is 1. The highest BCUT2D eigenvalue weighted by molar-refractivity contribution is 5.96. The molecule has 0 spiro atoms. The van der Waals surface area contributed by atoms with Crippen LogP contribution in [0.4, 0.5) is 16.2 Å². The first-order valence-corrected chi connectivity index (χ1v) is 8.73. The van der Waals surface area contributed by atoms with Crippen molar-refractivity contribution in [3.8, 4) is 11.5 Å². The fourth-order valence-electron chi connectivity index (χ4n) is 3.76. The topological polar surface area (TPSA) is 93.9 Å². The number of carbonyl (C=O) groups is 1. The van der Waals surface area contributed by atoms with E-state index in [1.807, 2.05) is 38.1 Å². The monoisotopic (exact) mass is 369 g/mol. The van der Waals surface area contributed by atoms with E-state index in [0.29, 0.717) is 35.8 Å². The van der Waals surface area contributed by atoms with E-state index in [0.717, 1.165) is 0 Å². The molecule has 2 aromatic rings. The largest absolute Gasteiger partial charge is 0.492 e. The summed E-state index contributed by atoms with van der Waals surface area (Å²) in [6.07, 6.45) is 0.452. The number of non-ortho nitro benzene ring substituents is 1. The summed E-state index contributed by atoms with van der Waals surface area (Å²) in [4.78, 5) is 25.1.